The van der Waals surface area contributed by atoms with Gasteiger partial charge in [-0.25, -0.2) is 4.98 Å². The van der Waals surface area contributed by atoms with Gasteiger partial charge in [0.25, 0.3) is 5.91 Å². The summed E-state index contributed by atoms with van der Waals surface area (Å²) in [6, 6.07) is 8.03. The number of nitrogens with one attached hydrogen (secondary N) is 1. The van der Waals surface area contributed by atoms with Crippen molar-refractivity contribution >= 4 is 23.2 Å². The Hall–Kier alpha value is -3.47. The summed E-state index contributed by atoms with van der Waals surface area (Å²) < 4.78 is 85.6. The van der Waals surface area contributed by atoms with Crippen LogP contribution in [0.2, 0.25) is 5.15 Å². The number of imidazole rings is 1. The molecule has 4 aromatic rings. The standard InChI is InChI=1S/C21H12ClF6N3O2/c22-17-16(19(32)29-9-11-3-1-4-13(7-11)20(23,24)25)30-18-14(21(26,27)28)8-12(10-31(17)18)15-5-2-6-33-15/h1-8,10H,9H2,(H,29,32). The first-order valence-electron chi connectivity index (χ1n) is 9.22. The molecule has 0 unspecified atom stereocenters. The van der Waals surface area contributed by atoms with Crippen LogP contribution < -0.4 is 5.32 Å². The minimum Gasteiger partial charge on any atom is -0.464 e. The quantitative estimate of drug-likeness (QED) is 0.348. The minimum atomic E-state index is -4.82. The Morgan fingerprint density at radius 3 is 2.45 bits per heavy atom. The van der Waals surface area contributed by atoms with E-state index in [4.69, 9.17) is 16.0 Å². The molecule has 1 amide bonds. The Labute approximate surface area is 186 Å². The van der Waals surface area contributed by atoms with Crippen molar-refractivity contribution in [2.45, 2.75) is 18.9 Å². The number of carbonyl (C=O) groups is 1. The second kappa shape index (κ2) is 8.14. The van der Waals surface area contributed by atoms with Gasteiger partial charge in [-0.3, -0.25) is 9.20 Å². The molecular weight excluding hydrogens is 476 g/mol. The van der Waals surface area contributed by atoms with Gasteiger partial charge >= 0.3 is 12.4 Å². The van der Waals surface area contributed by atoms with Crippen molar-refractivity contribution in [2.24, 2.45) is 0 Å². The molecular formula is C21H12ClF6N3O2. The zero-order chi connectivity index (χ0) is 24.0. The van der Waals surface area contributed by atoms with Crippen LogP contribution in [0.1, 0.15) is 27.2 Å². The molecule has 0 saturated heterocycles. The third-order valence-electron chi connectivity index (χ3n) is 4.70. The number of rotatable bonds is 4. The van der Waals surface area contributed by atoms with Crippen LogP contribution in [0.25, 0.3) is 17.0 Å². The van der Waals surface area contributed by atoms with Crippen molar-refractivity contribution in [3.05, 3.63) is 82.5 Å². The maximum absolute atomic E-state index is 13.7. The summed E-state index contributed by atoms with van der Waals surface area (Å²) in [7, 11) is 0. The smallest absolute Gasteiger partial charge is 0.420 e. The topological polar surface area (TPSA) is 59.5 Å². The van der Waals surface area contributed by atoms with Gasteiger partial charge in [-0.1, -0.05) is 23.7 Å². The van der Waals surface area contributed by atoms with E-state index in [1.165, 1.54) is 36.7 Å². The maximum atomic E-state index is 13.7. The summed E-state index contributed by atoms with van der Waals surface area (Å²) in [6.45, 7) is -0.323. The average molecular weight is 488 g/mol. The maximum Gasteiger partial charge on any atom is 0.420 e. The minimum absolute atomic E-state index is 0.0510. The molecule has 12 heteroatoms. The Morgan fingerprint density at radius 1 is 1.06 bits per heavy atom. The zero-order valence-corrected chi connectivity index (χ0v) is 17.0. The Kier molecular flexibility index (Phi) is 5.61. The summed E-state index contributed by atoms with van der Waals surface area (Å²) in [6.07, 6.45) is -6.85. The van der Waals surface area contributed by atoms with Crippen molar-refractivity contribution in [1.29, 1.82) is 0 Å². The van der Waals surface area contributed by atoms with Crippen LogP contribution in [0.5, 0.6) is 0 Å². The number of hydrogen-bond donors (Lipinski definition) is 1. The van der Waals surface area contributed by atoms with E-state index in [-0.39, 0.29) is 23.4 Å². The summed E-state index contributed by atoms with van der Waals surface area (Å²) in [4.78, 5) is 16.3. The van der Waals surface area contributed by atoms with Gasteiger partial charge in [-0.2, -0.15) is 26.3 Å². The summed E-state index contributed by atoms with van der Waals surface area (Å²) in [5, 5.41) is 1.93. The zero-order valence-electron chi connectivity index (χ0n) is 16.3. The molecule has 5 nitrogen and oxygen atoms in total. The lowest BCUT2D eigenvalue weighted by Gasteiger charge is -2.10. The molecule has 3 aromatic heterocycles. The molecule has 1 aromatic carbocycles. The normalized spacial score (nSPS) is 12.3. The van der Waals surface area contributed by atoms with Crippen molar-refractivity contribution in [3.63, 3.8) is 0 Å². The van der Waals surface area contributed by atoms with Crippen LogP contribution >= 0.6 is 11.6 Å². The fraction of sp³-hybridized carbons (Fsp3) is 0.143. The third-order valence-corrected chi connectivity index (χ3v) is 5.06. The lowest BCUT2D eigenvalue weighted by molar-refractivity contribution is -0.138. The Morgan fingerprint density at radius 2 is 1.82 bits per heavy atom. The Balaban J connectivity index is 1.68. The number of nitrogens with zero attached hydrogens (tertiary/aromatic N) is 2. The fourth-order valence-electron chi connectivity index (χ4n) is 3.17. The highest BCUT2D eigenvalue weighted by molar-refractivity contribution is 6.33. The molecule has 3 heterocycles. The number of carbonyl (C=O) groups excluding carboxylic acids is 1. The fourth-order valence-corrected chi connectivity index (χ4v) is 3.43. The number of amides is 1. The van der Waals surface area contributed by atoms with E-state index in [9.17, 15) is 31.1 Å². The van der Waals surface area contributed by atoms with Gasteiger partial charge in [0, 0.05) is 18.3 Å². The highest BCUT2D eigenvalue weighted by Crippen LogP contribution is 2.37. The van der Waals surface area contributed by atoms with Gasteiger partial charge in [-0.15, -0.1) is 0 Å². The molecule has 0 spiro atoms. The average Bonchev–Trinajstić information content (AvgIpc) is 3.39. The van der Waals surface area contributed by atoms with Crippen molar-refractivity contribution in [3.8, 4) is 11.3 Å². The van der Waals surface area contributed by atoms with Crippen molar-refractivity contribution in [1.82, 2.24) is 14.7 Å². The van der Waals surface area contributed by atoms with Gasteiger partial charge in [-0.05, 0) is 35.9 Å². The monoisotopic (exact) mass is 487 g/mol. The van der Waals surface area contributed by atoms with Gasteiger partial charge in [0.1, 0.15) is 10.9 Å². The number of furan rings is 1. The van der Waals surface area contributed by atoms with E-state index in [2.05, 4.69) is 10.3 Å². The van der Waals surface area contributed by atoms with Crippen LogP contribution in [0.3, 0.4) is 0 Å². The second-order valence-corrected chi connectivity index (χ2v) is 7.30. The van der Waals surface area contributed by atoms with Crippen LogP contribution in [0.4, 0.5) is 26.3 Å². The molecule has 0 atom stereocenters. The SMILES string of the molecule is O=C(NCc1cccc(C(F)(F)F)c1)c1nc2c(C(F)(F)F)cc(-c3ccco3)cn2c1Cl. The molecule has 1 N–H and O–H groups in total. The van der Waals surface area contributed by atoms with Gasteiger partial charge in [0.05, 0.1) is 17.4 Å². The predicted molar refractivity (Wildman–Crippen MR) is 106 cm³/mol. The highest BCUT2D eigenvalue weighted by atomic mass is 35.5. The van der Waals surface area contributed by atoms with Crippen molar-refractivity contribution in [2.75, 3.05) is 0 Å². The molecule has 0 fully saturated rings. The van der Waals surface area contributed by atoms with E-state index in [1.54, 1.807) is 0 Å². The molecule has 33 heavy (non-hydrogen) atoms. The van der Waals surface area contributed by atoms with Crippen LogP contribution in [-0.2, 0) is 18.9 Å². The lowest BCUT2D eigenvalue weighted by atomic mass is 10.1. The van der Waals surface area contributed by atoms with E-state index in [0.717, 1.165) is 22.6 Å². The summed E-state index contributed by atoms with van der Waals surface area (Å²) in [5.41, 5.74) is -2.97. The lowest BCUT2D eigenvalue weighted by Crippen LogP contribution is -2.23. The first-order chi connectivity index (χ1) is 15.4. The van der Waals surface area contributed by atoms with Gasteiger partial charge in [0.2, 0.25) is 0 Å². The summed E-state index contributed by atoms with van der Waals surface area (Å²) in [5.74, 6) is -0.809. The molecule has 4 rings (SSSR count). The second-order valence-electron chi connectivity index (χ2n) is 6.94. The molecule has 0 radical (unpaired) electrons. The molecule has 0 bridgehead atoms. The van der Waals surface area contributed by atoms with Crippen molar-refractivity contribution < 1.29 is 35.6 Å². The number of hydrogen-bond acceptors (Lipinski definition) is 3. The molecule has 0 aliphatic rings. The molecule has 0 aliphatic heterocycles. The summed E-state index contributed by atoms with van der Waals surface area (Å²) >= 11 is 6.17. The molecule has 0 aliphatic carbocycles. The predicted octanol–water partition coefficient (Wildman–Crippen LogP) is 6.22. The van der Waals surface area contributed by atoms with Crippen LogP contribution in [-0.4, -0.2) is 15.3 Å². The van der Waals surface area contributed by atoms with E-state index < -0.39 is 45.9 Å². The number of pyridine rings is 1. The van der Waals surface area contributed by atoms with Gasteiger partial charge < -0.3 is 9.73 Å². The number of benzene rings is 1. The largest absolute Gasteiger partial charge is 0.464 e. The van der Waals surface area contributed by atoms with Crippen LogP contribution in [0.15, 0.2) is 59.3 Å². The number of fused-ring (bicyclic) bond motifs is 1. The first-order valence-corrected chi connectivity index (χ1v) is 9.60. The van der Waals surface area contributed by atoms with Crippen LogP contribution in [0, 0.1) is 0 Å². The third kappa shape index (κ3) is 4.54. The number of alkyl halides is 6. The van der Waals surface area contributed by atoms with Gasteiger partial charge in [0.15, 0.2) is 11.3 Å². The molecule has 172 valence electrons. The molecule has 0 saturated carbocycles. The van der Waals surface area contributed by atoms with E-state index in [1.807, 2.05) is 0 Å². The number of halogens is 7. The van der Waals surface area contributed by atoms with E-state index in [0.29, 0.717) is 0 Å². The van der Waals surface area contributed by atoms with E-state index >= 15 is 0 Å². The highest BCUT2D eigenvalue weighted by Gasteiger charge is 2.36. The Bertz CT molecular complexity index is 1330. The number of aromatic nitrogens is 2. The first kappa shape index (κ1) is 22.7.